The summed E-state index contributed by atoms with van der Waals surface area (Å²) >= 11 is 0. The van der Waals surface area contributed by atoms with Crippen LogP contribution in [0, 0.1) is 29.5 Å². The predicted octanol–water partition coefficient (Wildman–Crippen LogP) is 4.03. The highest BCUT2D eigenvalue weighted by Crippen LogP contribution is 2.37. The molecule has 1 aromatic carbocycles. The number of Topliss-reactive ketones (excluding diaryl/α,β-unsaturated/α-hetero) is 1. The van der Waals surface area contributed by atoms with Crippen molar-refractivity contribution in [3.63, 3.8) is 0 Å². The van der Waals surface area contributed by atoms with Gasteiger partial charge in [0, 0.05) is 24.6 Å². The van der Waals surface area contributed by atoms with E-state index in [1.54, 1.807) is 10.7 Å². The summed E-state index contributed by atoms with van der Waals surface area (Å²) in [4.78, 5) is 12.7. The first-order valence-corrected chi connectivity index (χ1v) is 10.6. The summed E-state index contributed by atoms with van der Waals surface area (Å²) in [5.41, 5.74) is 9.08. The summed E-state index contributed by atoms with van der Waals surface area (Å²) < 4.78 is 16.6. The number of aromatic nitrogens is 2. The number of ketones is 1. The summed E-state index contributed by atoms with van der Waals surface area (Å²) in [7, 11) is 0. The van der Waals surface area contributed by atoms with E-state index in [1.807, 2.05) is 13.0 Å². The Bertz CT molecular complexity index is 1050. The standard InChI is InChI=1S/C23H28FN5O/c1-13-22-20(10-23(2,3)11-21(22)30)29(28-13)14-8-16(24)15(12-25)19(9-14)27-18-7-5-4-6-17(18)26/h8-9,17-18,27H,4-7,10-11,26H2,1-3H3/t17-,18-/m0/s1. The summed E-state index contributed by atoms with van der Waals surface area (Å²) in [6, 6.07) is 5.01. The van der Waals surface area contributed by atoms with E-state index < -0.39 is 5.82 Å². The molecule has 1 aromatic heterocycles. The van der Waals surface area contributed by atoms with Gasteiger partial charge in [-0.1, -0.05) is 26.7 Å². The minimum absolute atomic E-state index is 0.00529. The van der Waals surface area contributed by atoms with E-state index in [-0.39, 0.29) is 28.8 Å². The van der Waals surface area contributed by atoms with E-state index in [2.05, 4.69) is 24.3 Å². The molecule has 2 aliphatic rings. The van der Waals surface area contributed by atoms with E-state index >= 15 is 0 Å². The van der Waals surface area contributed by atoms with Crippen molar-refractivity contribution in [1.29, 1.82) is 5.26 Å². The Morgan fingerprint density at radius 3 is 2.73 bits per heavy atom. The fourth-order valence-electron chi connectivity index (χ4n) is 4.83. The molecular formula is C23H28FN5O. The van der Waals surface area contributed by atoms with Crippen LogP contribution < -0.4 is 11.1 Å². The summed E-state index contributed by atoms with van der Waals surface area (Å²) in [6.45, 7) is 5.92. The zero-order valence-electron chi connectivity index (χ0n) is 17.8. The van der Waals surface area contributed by atoms with Gasteiger partial charge in [0.25, 0.3) is 0 Å². The van der Waals surface area contributed by atoms with Crippen LogP contribution in [0.5, 0.6) is 0 Å². The summed E-state index contributed by atoms with van der Waals surface area (Å²) in [5, 5.41) is 17.4. The molecule has 30 heavy (non-hydrogen) atoms. The van der Waals surface area contributed by atoms with Gasteiger partial charge in [-0.3, -0.25) is 4.79 Å². The van der Waals surface area contributed by atoms with Crippen LogP contribution in [0.15, 0.2) is 12.1 Å². The first-order valence-electron chi connectivity index (χ1n) is 10.6. The number of fused-ring (bicyclic) bond motifs is 1. The molecule has 0 aliphatic heterocycles. The molecule has 0 radical (unpaired) electrons. The van der Waals surface area contributed by atoms with Crippen LogP contribution in [0.25, 0.3) is 5.69 Å². The van der Waals surface area contributed by atoms with Crippen molar-refractivity contribution in [2.75, 3.05) is 5.32 Å². The maximum absolute atomic E-state index is 14.9. The van der Waals surface area contributed by atoms with E-state index in [0.717, 1.165) is 31.4 Å². The maximum Gasteiger partial charge on any atom is 0.167 e. The number of aryl methyl sites for hydroxylation is 1. The highest BCUT2D eigenvalue weighted by molar-refractivity contribution is 5.99. The monoisotopic (exact) mass is 409 g/mol. The van der Waals surface area contributed by atoms with Crippen molar-refractivity contribution >= 4 is 11.5 Å². The summed E-state index contributed by atoms with van der Waals surface area (Å²) in [6.07, 6.45) is 5.08. The number of carbonyl (C=O) groups excluding carboxylic acids is 1. The molecule has 0 spiro atoms. The average Bonchev–Trinajstić information content (AvgIpc) is 2.98. The zero-order chi connectivity index (χ0) is 21.6. The number of nitrogens with one attached hydrogen (secondary N) is 1. The molecule has 3 N–H and O–H groups in total. The van der Waals surface area contributed by atoms with Gasteiger partial charge in [-0.15, -0.1) is 0 Å². The number of rotatable bonds is 3. The molecule has 1 saturated carbocycles. The van der Waals surface area contributed by atoms with Gasteiger partial charge in [-0.05, 0) is 37.7 Å². The molecule has 4 rings (SSSR count). The predicted molar refractivity (Wildman–Crippen MR) is 113 cm³/mol. The molecule has 0 unspecified atom stereocenters. The molecule has 2 aliphatic carbocycles. The quantitative estimate of drug-likeness (QED) is 0.798. The molecule has 0 amide bonds. The van der Waals surface area contributed by atoms with Crippen molar-refractivity contribution in [2.24, 2.45) is 11.1 Å². The molecule has 1 fully saturated rings. The number of nitrogens with two attached hydrogens (primary N) is 1. The number of anilines is 1. The van der Waals surface area contributed by atoms with Gasteiger partial charge in [-0.2, -0.15) is 10.4 Å². The van der Waals surface area contributed by atoms with Crippen LogP contribution in [-0.4, -0.2) is 27.6 Å². The number of hydrogen-bond donors (Lipinski definition) is 2. The zero-order valence-corrected chi connectivity index (χ0v) is 17.8. The molecule has 6 nitrogen and oxygen atoms in total. The first-order chi connectivity index (χ1) is 14.2. The van der Waals surface area contributed by atoms with E-state index in [0.29, 0.717) is 35.5 Å². The van der Waals surface area contributed by atoms with Gasteiger partial charge < -0.3 is 11.1 Å². The molecule has 7 heteroatoms. The van der Waals surface area contributed by atoms with Gasteiger partial charge in [0.15, 0.2) is 5.78 Å². The SMILES string of the molecule is Cc1nn(-c2cc(F)c(C#N)c(N[C@H]3CCCC[C@@H]3N)c2)c2c1C(=O)CC(C)(C)C2. The van der Waals surface area contributed by atoms with Gasteiger partial charge in [-0.25, -0.2) is 9.07 Å². The number of benzene rings is 1. The lowest BCUT2D eigenvalue weighted by atomic mass is 9.75. The Morgan fingerprint density at radius 2 is 2.03 bits per heavy atom. The van der Waals surface area contributed by atoms with Crippen LogP contribution in [-0.2, 0) is 6.42 Å². The third-order valence-electron chi connectivity index (χ3n) is 6.31. The number of nitrogens with zero attached hydrogens (tertiary/aromatic N) is 3. The number of nitriles is 1. The molecule has 1 heterocycles. The highest BCUT2D eigenvalue weighted by atomic mass is 19.1. The minimum atomic E-state index is -0.606. The van der Waals surface area contributed by atoms with Crippen LogP contribution in [0.2, 0.25) is 0 Å². The largest absolute Gasteiger partial charge is 0.380 e. The van der Waals surface area contributed by atoms with Crippen molar-refractivity contribution in [3.8, 4) is 11.8 Å². The smallest absolute Gasteiger partial charge is 0.167 e. The van der Waals surface area contributed by atoms with E-state index in [4.69, 9.17) is 5.73 Å². The third-order valence-corrected chi connectivity index (χ3v) is 6.31. The normalized spacial score (nSPS) is 23.0. The number of halogens is 1. The van der Waals surface area contributed by atoms with Crippen LogP contribution in [0.4, 0.5) is 10.1 Å². The van der Waals surface area contributed by atoms with Crippen LogP contribution in [0.1, 0.15) is 73.3 Å². The van der Waals surface area contributed by atoms with Crippen molar-refractivity contribution < 1.29 is 9.18 Å². The minimum Gasteiger partial charge on any atom is -0.380 e. The van der Waals surface area contributed by atoms with Gasteiger partial charge in [0.1, 0.15) is 17.4 Å². The lowest BCUT2D eigenvalue weighted by Gasteiger charge is -2.31. The third kappa shape index (κ3) is 3.61. The molecule has 2 atom stereocenters. The van der Waals surface area contributed by atoms with Crippen LogP contribution in [0.3, 0.4) is 0 Å². The Labute approximate surface area is 176 Å². The average molecular weight is 410 g/mol. The highest BCUT2D eigenvalue weighted by Gasteiger charge is 2.36. The van der Waals surface area contributed by atoms with Crippen molar-refractivity contribution in [2.45, 2.75) is 71.4 Å². The Kier molecular flexibility index (Phi) is 5.15. The number of carbonyl (C=O) groups is 1. The Morgan fingerprint density at radius 1 is 1.30 bits per heavy atom. The lowest BCUT2D eigenvalue weighted by Crippen LogP contribution is -2.42. The second-order valence-electron chi connectivity index (χ2n) is 9.42. The van der Waals surface area contributed by atoms with Gasteiger partial charge in [0.2, 0.25) is 0 Å². The Balaban J connectivity index is 1.80. The summed E-state index contributed by atoms with van der Waals surface area (Å²) in [5.74, 6) is -0.532. The molecule has 2 aromatic rings. The van der Waals surface area contributed by atoms with E-state index in [1.165, 1.54) is 6.07 Å². The fourth-order valence-corrected chi connectivity index (χ4v) is 4.83. The molecule has 158 valence electrons. The lowest BCUT2D eigenvalue weighted by molar-refractivity contribution is 0.0910. The van der Waals surface area contributed by atoms with Crippen LogP contribution >= 0.6 is 0 Å². The van der Waals surface area contributed by atoms with Crippen molar-refractivity contribution in [1.82, 2.24) is 9.78 Å². The van der Waals surface area contributed by atoms with Gasteiger partial charge >= 0.3 is 0 Å². The first kappa shape index (κ1) is 20.5. The maximum atomic E-state index is 14.9. The topological polar surface area (TPSA) is 96.7 Å². The Hall–Kier alpha value is -2.72. The molecule has 0 bridgehead atoms. The second-order valence-corrected chi connectivity index (χ2v) is 9.42. The molecule has 0 saturated heterocycles. The number of hydrogen-bond acceptors (Lipinski definition) is 5. The second kappa shape index (κ2) is 7.51. The van der Waals surface area contributed by atoms with E-state index in [9.17, 15) is 14.4 Å². The van der Waals surface area contributed by atoms with Crippen molar-refractivity contribution in [3.05, 3.63) is 40.5 Å². The molecular weight excluding hydrogens is 381 g/mol. The van der Waals surface area contributed by atoms with Gasteiger partial charge in [0.05, 0.1) is 28.3 Å². The fraction of sp³-hybridized carbons (Fsp3) is 0.522.